The maximum absolute atomic E-state index is 12.4. The molecule has 6 heteroatoms. The quantitative estimate of drug-likeness (QED) is 0.915. The third kappa shape index (κ3) is 3.88. The van der Waals surface area contributed by atoms with E-state index in [4.69, 9.17) is 0 Å². The summed E-state index contributed by atoms with van der Waals surface area (Å²) in [5.41, 5.74) is 1.37. The van der Waals surface area contributed by atoms with Gasteiger partial charge in [0.15, 0.2) is 0 Å². The number of rotatable bonds is 5. The van der Waals surface area contributed by atoms with Crippen LogP contribution in [0.25, 0.3) is 0 Å². The fraction of sp³-hybridized carbons (Fsp3) is 0.444. The van der Waals surface area contributed by atoms with E-state index in [1.54, 1.807) is 24.7 Å². The second-order valence-corrected chi connectivity index (χ2v) is 6.04. The molecule has 126 valence electrons. The lowest BCUT2D eigenvalue weighted by Gasteiger charge is -2.35. The van der Waals surface area contributed by atoms with Crippen molar-refractivity contribution in [3.8, 4) is 0 Å². The van der Waals surface area contributed by atoms with Crippen molar-refractivity contribution in [2.75, 3.05) is 11.4 Å². The Morgan fingerprint density at radius 1 is 1.33 bits per heavy atom. The Kier molecular flexibility index (Phi) is 5.36. The van der Waals surface area contributed by atoms with Gasteiger partial charge in [-0.3, -0.25) is 9.78 Å². The first-order valence-electron chi connectivity index (χ1n) is 8.54. The van der Waals surface area contributed by atoms with Crippen LogP contribution in [0.2, 0.25) is 0 Å². The van der Waals surface area contributed by atoms with Crippen LogP contribution < -0.4 is 10.2 Å². The third-order valence-electron chi connectivity index (χ3n) is 4.41. The SMILES string of the molecule is CCC1CCCCN1c1nccc(C(=O)NCc2cccnc2)n1. The van der Waals surface area contributed by atoms with Gasteiger partial charge >= 0.3 is 0 Å². The van der Waals surface area contributed by atoms with Crippen molar-refractivity contribution in [2.24, 2.45) is 0 Å². The van der Waals surface area contributed by atoms with E-state index in [1.807, 2.05) is 12.1 Å². The number of hydrogen-bond donors (Lipinski definition) is 1. The maximum Gasteiger partial charge on any atom is 0.270 e. The van der Waals surface area contributed by atoms with Gasteiger partial charge in [0.1, 0.15) is 5.69 Å². The molecule has 1 aliphatic heterocycles. The fourth-order valence-corrected chi connectivity index (χ4v) is 3.08. The van der Waals surface area contributed by atoms with Crippen molar-refractivity contribution in [3.63, 3.8) is 0 Å². The summed E-state index contributed by atoms with van der Waals surface area (Å²) in [6.07, 6.45) is 9.76. The molecule has 0 aliphatic carbocycles. The van der Waals surface area contributed by atoms with E-state index in [2.05, 4.69) is 32.1 Å². The Balaban J connectivity index is 1.69. The zero-order valence-corrected chi connectivity index (χ0v) is 14.0. The van der Waals surface area contributed by atoms with E-state index < -0.39 is 0 Å². The van der Waals surface area contributed by atoms with Crippen LogP contribution in [0.3, 0.4) is 0 Å². The van der Waals surface area contributed by atoms with Gasteiger partial charge in [-0.05, 0) is 43.4 Å². The van der Waals surface area contributed by atoms with Crippen LogP contribution in [0.15, 0.2) is 36.8 Å². The van der Waals surface area contributed by atoms with Crippen LogP contribution in [0.1, 0.15) is 48.7 Å². The molecule has 1 unspecified atom stereocenters. The summed E-state index contributed by atoms with van der Waals surface area (Å²) in [4.78, 5) is 27.5. The normalized spacial score (nSPS) is 17.5. The first-order chi connectivity index (χ1) is 11.8. The highest BCUT2D eigenvalue weighted by molar-refractivity contribution is 5.92. The molecule has 1 atom stereocenters. The van der Waals surface area contributed by atoms with E-state index in [9.17, 15) is 4.79 Å². The average molecular weight is 325 g/mol. The molecule has 1 saturated heterocycles. The highest BCUT2D eigenvalue weighted by Gasteiger charge is 2.23. The second kappa shape index (κ2) is 7.86. The van der Waals surface area contributed by atoms with E-state index in [1.165, 1.54) is 6.42 Å². The standard InChI is InChI=1S/C18H23N5O/c1-2-15-7-3-4-11-23(15)18-20-10-8-16(22-18)17(24)21-13-14-6-5-9-19-12-14/h5-6,8-10,12,15H,2-4,7,11,13H2,1H3,(H,21,24). The number of nitrogens with zero attached hydrogens (tertiary/aromatic N) is 4. The van der Waals surface area contributed by atoms with Gasteiger partial charge in [0, 0.05) is 37.7 Å². The van der Waals surface area contributed by atoms with Crippen molar-refractivity contribution in [1.82, 2.24) is 20.3 Å². The van der Waals surface area contributed by atoms with Crippen molar-refractivity contribution in [3.05, 3.63) is 48.0 Å². The molecule has 0 radical (unpaired) electrons. The summed E-state index contributed by atoms with van der Waals surface area (Å²) in [5, 5.41) is 2.88. The van der Waals surface area contributed by atoms with Gasteiger partial charge in [-0.2, -0.15) is 0 Å². The summed E-state index contributed by atoms with van der Waals surface area (Å²) >= 11 is 0. The van der Waals surface area contributed by atoms with Crippen molar-refractivity contribution in [1.29, 1.82) is 0 Å². The molecule has 0 saturated carbocycles. The highest BCUT2D eigenvalue weighted by Crippen LogP contribution is 2.23. The molecule has 1 aliphatic rings. The monoisotopic (exact) mass is 325 g/mol. The van der Waals surface area contributed by atoms with Crippen LogP contribution in [0.5, 0.6) is 0 Å². The molecule has 1 fully saturated rings. The molecule has 3 rings (SSSR count). The number of carbonyl (C=O) groups excluding carboxylic acids is 1. The van der Waals surface area contributed by atoms with Gasteiger partial charge in [0.25, 0.3) is 5.91 Å². The van der Waals surface area contributed by atoms with Crippen LogP contribution >= 0.6 is 0 Å². The molecule has 0 bridgehead atoms. The van der Waals surface area contributed by atoms with Gasteiger partial charge in [-0.1, -0.05) is 13.0 Å². The molecule has 0 aromatic carbocycles. The number of hydrogen-bond acceptors (Lipinski definition) is 5. The maximum atomic E-state index is 12.4. The van der Waals surface area contributed by atoms with E-state index in [-0.39, 0.29) is 5.91 Å². The number of pyridine rings is 1. The Labute approximate surface area is 142 Å². The minimum Gasteiger partial charge on any atom is -0.347 e. The zero-order valence-electron chi connectivity index (χ0n) is 14.0. The minimum atomic E-state index is -0.187. The second-order valence-electron chi connectivity index (χ2n) is 6.04. The number of aromatic nitrogens is 3. The summed E-state index contributed by atoms with van der Waals surface area (Å²) in [6.45, 7) is 3.58. The lowest BCUT2D eigenvalue weighted by atomic mass is 10.0. The Bertz CT molecular complexity index is 676. The first-order valence-corrected chi connectivity index (χ1v) is 8.54. The van der Waals surface area contributed by atoms with Gasteiger partial charge in [0.05, 0.1) is 0 Å². The van der Waals surface area contributed by atoms with Gasteiger partial charge < -0.3 is 10.2 Å². The predicted molar refractivity (Wildman–Crippen MR) is 92.7 cm³/mol. The molecular weight excluding hydrogens is 302 g/mol. The molecule has 2 aromatic rings. The Morgan fingerprint density at radius 3 is 3.04 bits per heavy atom. The molecule has 6 nitrogen and oxygen atoms in total. The van der Waals surface area contributed by atoms with Crippen molar-refractivity contribution < 1.29 is 4.79 Å². The molecule has 2 aromatic heterocycles. The largest absolute Gasteiger partial charge is 0.347 e. The summed E-state index contributed by atoms with van der Waals surface area (Å²) in [6, 6.07) is 5.91. The summed E-state index contributed by atoms with van der Waals surface area (Å²) in [7, 11) is 0. The summed E-state index contributed by atoms with van der Waals surface area (Å²) < 4.78 is 0. The number of amides is 1. The average Bonchev–Trinajstić information content (AvgIpc) is 2.67. The smallest absolute Gasteiger partial charge is 0.270 e. The highest BCUT2D eigenvalue weighted by atomic mass is 16.1. The van der Waals surface area contributed by atoms with Crippen LogP contribution in [0, 0.1) is 0 Å². The molecule has 24 heavy (non-hydrogen) atoms. The minimum absolute atomic E-state index is 0.187. The summed E-state index contributed by atoms with van der Waals surface area (Å²) in [5.74, 6) is 0.475. The van der Waals surface area contributed by atoms with Gasteiger partial charge in [-0.15, -0.1) is 0 Å². The van der Waals surface area contributed by atoms with Gasteiger partial charge in [0.2, 0.25) is 5.95 Å². The first kappa shape index (κ1) is 16.4. The molecule has 1 N–H and O–H groups in total. The predicted octanol–water partition coefficient (Wildman–Crippen LogP) is 2.57. The number of carbonyl (C=O) groups is 1. The third-order valence-corrected chi connectivity index (χ3v) is 4.41. The Morgan fingerprint density at radius 2 is 2.25 bits per heavy atom. The van der Waals surface area contributed by atoms with Crippen LogP contribution in [-0.4, -0.2) is 33.4 Å². The van der Waals surface area contributed by atoms with E-state index >= 15 is 0 Å². The molecule has 1 amide bonds. The number of anilines is 1. The van der Waals surface area contributed by atoms with Crippen molar-refractivity contribution >= 4 is 11.9 Å². The lowest BCUT2D eigenvalue weighted by molar-refractivity contribution is 0.0945. The molecule has 0 spiro atoms. The van der Waals surface area contributed by atoms with E-state index in [0.29, 0.717) is 24.2 Å². The van der Waals surface area contributed by atoms with Crippen LogP contribution in [-0.2, 0) is 6.54 Å². The topological polar surface area (TPSA) is 71.0 Å². The Hall–Kier alpha value is -2.50. The van der Waals surface area contributed by atoms with Crippen LogP contribution in [0.4, 0.5) is 5.95 Å². The number of piperidine rings is 1. The van der Waals surface area contributed by atoms with Gasteiger partial charge in [-0.25, -0.2) is 9.97 Å². The fourth-order valence-electron chi connectivity index (χ4n) is 3.08. The number of nitrogens with one attached hydrogen (secondary N) is 1. The molecular formula is C18H23N5O. The lowest BCUT2D eigenvalue weighted by Crippen LogP contribution is -2.40. The van der Waals surface area contributed by atoms with E-state index in [0.717, 1.165) is 31.4 Å². The zero-order chi connectivity index (χ0) is 16.8. The molecule has 3 heterocycles. The van der Waals surface area contributed by atoms with Crippen molar-refractivity contribution in [2.45, 2.75) is 45.2 Å².